The van der Waals surface area contributed by atoms with Gasteiger partial charge in [0, 0.05) is 18.0 Å². The molecule has 0 saturated carbocycles. The highest BCUT2D eigenvalue weighted by Gasteiger charge is 2.38. The minimum Gasteiger partial charge on any atom is -0.427 e. The first-order valence-corrected chi connectivity index (χ1v) is 11.0. The molecule has 0 aliphatic heterocycles. The fourth-order valence-electron chi connectivity index (χ4n) is 2.52. The van der Waals surface area contributed by atoms with E-state index in [1.54, 1.807) is 5.32 Å². The van der Waals surface area contributed by atoms with Crippen LogP contribution in [0.5, 0.6) is 5.75 Å². The average Bonchev–Trinajstić information content (AvgIpc) is 2.68. The van der Waals surface area contributed by atoms with E-state index in [4.69, 9.17) is 16.3 Å². The molecule has 2 aromatic rings. The summed E-state index contributed by atoms with van der Waals surface area (Å²) in [5.41, 5.74) is 0.376. The van der Waals surface area contributed by atoms with Gasteiger partial charge in [-0.2, -0.15) is 13.2 Å². The van der Waals surface area contributed by atoms with E-state index in [-0.39, 0.29) is 39.9 Å². The van der Waals surface area contributed by atoms with E-state index in [0.29, 0.717) is 12.0 Å². The number of esters is 1. The third-order valence-electron chi connectivity index (χ3n) is 4.09. The number of benzene rings is 2. The molecule has 168 valence electrons. The number of hydrogen-bond acceptors (Lipinski definition) is 5. The summed E-state index contributed by atoms with van der Waals surface area (Å²) in [4.78, 5) is 22.2. The number of nitrogens with one attached hydrogen (secondary N) is 1. The molecule has 1 N–H and O–H groups in total. The van der Waals surface area contributed by atoms with Crippen molar-refractivity contribution in [1.82, 2.24) is 5.32 Å². The predicted molar refractivity (Wildman–Crippen MR) is 107 cm³/mol. The van der Waals surface area contributed by atoms with Gasteiger partial charge in [0.15, 0.2) is 0 Å². The molecule has 0 aliphatic rings. The van der Waals surface area contributed by atoms with Crippen LogP contribution in [0.3, 0.4) is 0 Å². The maximum atomic E-state index is 12.8. The Morgan fingerprint density at radius 2 is 1.68 bits per heavy atom. The Morgan fingerprint density at radius 1 is 1.06 bits per heavy atom. The fourth-order valence-corrected chi connectivity index (χ4v) is 4.14. The van der Waals surface area contributed by atoms with E-state index >= 15 is 0 Å². The predicted octanol–water partition coefficient (Wildman–Crippen LogP) is 4.10. The zero-order valence-electron chi connectivity index (χ0n) is 16.3. The highest BCUT2D eigenvalue weighted by atomic mass is 35.5. The summed E-state index contributed by atoms with van der Waals surface area (Å²) in [6.45, 7) is 1.51. The molecule has 0 bridgehead atoms. The third kappa shape index (κ3) is 6.70. The van der Waals surface area contributed by atoms with Crippen LogP contribution in [0.15, 0.2) is 52.3 Å². The summed E-state index contributed by atoms with van der Waals surface area (Å²) in [5, 5.41) is 1.75. The van der Waals surface area contributed by atoms with Gasteiger partial charge in [-0.15, -0.1) is 0 Å². The first kappa shape index (κ1) is 24.7. The van der Waals surface area contributed by atoms with Gasteiger partial charge in [0.05, 0.1) is 9.79 Å². The van der Waals surface area contributed by atoms with Crippen molar-refractivity contribution < 1.29 is 35.9 Å². The van der Waals surface area contributed by atoms with Crippen molar-refractivity contribution in [2.24, 2.45) is 0 Å². The minimum atomic E-state index is -4.98. The van der Waals surface area contributed by atoms with E-state index in [0.717, 1.165) is 0 Å². The Kier molecular flexibility index (Phi) is 8.08. The van der Waals surface area contributed by atoms with Gasteiger partial charge in [-0.05, 0) is 54.8 Å². The van der Waals surface area contributed by atoms with Crippen LogP contribution in [0.2, 0.25) is 5.02 Å². The van der Waals surface area contributed by atoms with Crippen LogP contribution in [0.4, 0.5) is 13.2 Å². The van der Waals surface area contributed by atoms with Crippen LogP contribution in [0.25, 0.3) is 0 Å². The molecule has 0 radical (unpaired) electrons. The van der Waals surface area contributed by atoms with Crippen LogP contribution in [-0.4, -0.2) is 33.0 Å². The first-order chi connectivity index (χ1) is 14.4. The number of rotatable bonds is 8. The lowest BCUT2D eigenvalue weighted by Gasteiger charge is -2.11. The molecular formula is C20H19ClF3NO5S. The Morgan fingerprint density at radius 3 is 2.23 bits per heavy atom. The topological polar surface area (TPSA) is 89.5 Å². The SMILES string of the molecule is CCCC(=O)Oc1ccc(S(=O)(=O)c2ccc(CCNC(=O)C(F)(F)F)c(Cl)c2)cc1. The molecule has 2 rings (SSSR count). The third-order valence-corrected chi connectivity index (χ3v) is 6.21. The Balaban J connectivity index is 2.10. The summed E-state index contributed by atoms with van der Waals surface area (Å²) in [5.74, 6) is -2.27. The molecular weight excluding hydrogens is 459 g/mol. The quantitative estimate of drug-likeness (QED) is 0.456. The molecule has 0 saturated heterocycles. The van der Waals surface area contributed by atoms with Crippen molar-refractivity contribution in [1.29, 1.82) is 0 Å². The number of ether oxygens (including phenoxy) is 1. The second kappa shape index (κ2) is 10.1. The highest BCUT2D eigenvalue weighted by molar-refractivity contribution is 7.91. The van der Waals surface area contributed by atoms with E-state index in [1.807, 2.05) is 6.92 Å². The number of halogens is 4. The zero-order chi connectivity index (χ0) is 23.2. The highest BCUT2D eigenvalue weighted by Crippen LogP contribution is 2.27. The molecule has 0 unspecified atom stereocenters. The van der Waals surface area contributed by atoms with E-state index < -0.39 is 27.9 Å². The molecule has 11 heteroatoms. The van der Waals surface area contributed by atoms with Crippen LogP contribution in [0.1, 0.15) is 25.3 Å². The maximum Gasteiger partial charge on any atom is 0.471 e. The van der Waals surface area contributed by atoms with Crippen molar-refractivity contribution in [3.05, 3.63) is 53.1 Å². The molecule has 31 heavy (non-hydrogen) atoms. The van der Waals surface area contributed by atoms with Crippen LogP contribution in [0, 0.1) is 0 Å². The van der Waals surface area contributed by atoms with Gasteiger partial charge in [-0.3, -0.25) is 9.59 Å². The summed E-state index contributed by atoms with van der Waals surface area (Å²) < 4.78 is 67.3. The molecule has 0 aromatic heterocycles. The molecule has 0 aliphatic carbocycles. The lowest BCUT2D eigenvalue weighted by atomic mass is 10.1. The van der Waals surface area contributed by atoms with Gasteiger partial charge < -0.3 is 10.1 Å². The smallest absolute Gasteiger partial charge is 0.427 e. The van der Waals surface area contributed by atoms with E-state index in [1.165, 1.54) is 42.5 Å². The first-order valence-electron chi connectivity index (χ1n) is 9.14. The molecule has 6 nitrogen and oxygen atoms in total. The van der Waals surface area contributed by atoms with Gasteiger partial charge in [-0.25, -0.2) is 8.42 Å². The Labute approximate surface area is 182 Å². The number of sulfone groups is 1. The molecule has 0 fully saturated rings. The summed E-state index contributed by atoms with van der Waals surface area (Å²) in [6, 6.07) is 9.14. The molecule has 0 atom stereocenters. The lowest BCUT2D eigenvalue weighted by Crippen LogP contribution is -2.37. The molecule has 2 aromatic carbocycles. The number of hydrogen-bond donors (Lipinski definition) is 1. The van der Waals surface area contributed by atoms with Crippen molar-refractivity contribution >= 4 is 33.3 Å². The summed E-state index contributed by atoms with van der Waals surface area (Å²) in [6.07, 6.45) is -4.13. The Bertz CT molecular complexity index is 1050. The van der Waals surface area contributed by atoms with E-state index in [2.05, 4.69) is 0 Å². The van der Waals surface area contributed by atoms with E-state index in [9.17, 15) is 31.2 Å². The zero-order valence-corrected chi connectivity index (χ0v) is 17.9. The average molecular weight is 478 g/mol. The van der Waals surface area contributed by atoms with Gasteiger partial charge in [0.25, 0.3) is 0 Å². The second-order valence-electron chi connectivity index (χ2n) is 6.46. The lowest BCUT2D eigenvalue weighted by molar-refractivity contribution is -0.173. The number of alkyl halides is 3. The molecule has 0 heterocycles. The maximum absolute atomic E-state index is 12.8. The normalized spacial score (nSPS) is 11.8. The number of amides is 1. The Hall–Kier alpha value is -2.59. The van der Waals surface area contributed by atoms with Gasteiger partial charge in [0.1, 0.15) is 5.75 Å². The van der Waals surface area contributed by atoms with Crippen molar-refractivity contribution in [2.45, 2.75) is 42.2 Å². The number of carbonyl (C=O) groups is 2. The second-order valence-corrected chi connectivity index (χ2v) is 8.81. The number of carbonyl (C=O) groups excluding carboxylic acids is 2. The van der Waals surface area contributed by atoms with Gasteiger partial charge >= 0.3 is 18.1 Å². The molecule has 1 amide bonds. The van der Waals surface area contributed by atoms with Crippen LogP contribution >= 0.6 is 11.6 Å². The summed E-state index contributed by atoms with van der Waals surface area (Å²) in [7, 11) is -3.93. The van der Waals surface area contributed by atoms with Crippen LogP contribution < -0.4 is 10.1 Å². The van der Waals surface area contributed by atoms with Gasteiger partial charge in [0.2, 0.25) is 9.84 Å². The summed E-state index contributed by atoms with van der Waals surface area (Å²) >= 11 is 6.08. The van der Waals surface area contributed by atoms with Crippen molar-refractivity contribution in [3.63, 3.8) is 0 Å². The largest absolute Gasteiger partial charge is 0.471 e. The standard InChI is InChI=1S/C20H19ClF3NO5S/c1-2-3-18(26)30-14-5-8-15(9-6-14)31(28,29)16-7-4-13(17(21)12-16)10-11-25-19(27)20(22,23)24/h4-9,12H,2-3,10-11H2,1H3,(H,25,27). The van der Waals surface area contributed by atoms with Crippen molar-refractivity contribution in [2.75, 3.05) is 6.54 Å². The minimum absolute atomic E-state index is 0.0151. The van der Waals surface area contributed by atoms with Crippen LogP contribution in [-0.2, 0) is 25.8 Å². The molecule has 0 spiro atoms. The van der Waals surface area contributed by atoms with Gasteiger partial charge in [-0.1, -0.05) is 24.6 Å². The fraction of sp³-hybridized carbons (Fsp3) is 0.300. The van der Waals surface area contributed by atoms with Crippen molar-refractivity contribution in [3.8, 4) is 5.75 Å². The monoisotopic (exact) mass is 477 g/mol.